The molecule has 1 fully saturated rings. The summed E-state index contributed by atoms with van der Waals surface area (Å²) in [6.07, 6.45) is 3.56. The summed E-state index contributed by atoms with van der Waals surface area (Å²) in [5.41, 5.74) is 4.17. The largest absolute Gasteiger partial charge is 0.497 e. The van der Waals surface area contributed by atoms with Gasteiger partial charge in [0.05, 0.1) is 7.11 Å². The van der Waals surface area contributed by atoms with Crippen molar-refractivity contribution < 1.29 is 4.74 Å². The third kappa shape index (κ3) is 6.43. The molecule has 1 heterocycles. The van der Waals surface area contributed by atoms with Gasteiger partial charge < -0.3 is 4.74 Å². The molecule has 0 aromatic heterocycles. The first-order valence-corrected chi connectivity index (χ1v) is 11.5. The zero-order valence-corrected chi connectivity index (χ0v) is 18.6. The molecule has 0 unspecified atom stereocenters. The van der Waals surface area contributed by atoms with Gasteiger partial charge in [0.25, 0.3) is 0 Å². The molecule has 1 aliphatic rings. The van der Waals surface area contributed by atoms with Crippen LogP contribution in [0, 0.1) is 0 Å². The van der Waals surface area contributed by atoms with Crippen LogP contribution in [-0.2, 0) is 19.5 Å². The number of methoxy groups -OCH3 is 1. The Morgan fingerprint density at radius 2 is 1.45 bits per heavy atom. The van der Waals surface area contributed by atoms with Crippen molar-refractivity contribution in [2.24, 2.45) is 0 Å². The average molecular weight is 415 g/mol. The maximum absolute atomic E-state index is 5.39. The maximum atomic E-state index is 5.39. The van der Waals surface area contributed by atoms with E-state index in [1.54, 1.807) is 7.11 Å². The van der Waals surface area contributed by atoms with E-state index < -0.39 is 0 Å². The third-order valence-electron chi connectivity index (χ3n) is 6.37. The molecule has 0 atom stereocenters. The van der Waals surface area contributed by atoms with Crippen molar-refractivity contribution in [1.82, 2.24) is 9.80 Å². The van der Waals surface area contributed by atoms with Crippen LogP contribution in [0.15, 0.2) is 84.9 Å². The van der Waals surface area contributed by atoms with Crippen molar-refractivity contribution in [2.75, 3.05) is 26.7 Å². The standard InChI is InChI=1S/C28H34N2O/c1-31-28-14-8-13-26(21-28)22-29-18-16-27(17-19-29)30(23-25-11-6-3-7-12-25)20-15-24-9-4-2-5-10-24/h2-14,21,27H,15-20,22-23H2,1H3. The van der Waals surface area contributed by atoms with E-state index in [0.717, 1.165) is 44.9 Å². The maximum Gasteiger partial charge on any atom is 0.119 e. The van der Waals surface area contributed by atoms with E-state index in [1.165, 1.54) is 29.5 Å². The first-order chi connectivity index (χ1) is 15.3. The quantitative estimate of drug-likeness (QED) is 0.466. The van der Waals surface area contributed by atoms with Gasteiger partial charge in [-0.05, 0) is 61.2 Å². The van der Waals surface area contributed by atoms with E-state index >= 15 is 0 Å². The van der Waals surface area contributed by atoms with E-state index in [9.17, 15) is 0 Å². The Morgan fingerprint density at radius 3 is 2.13 bits per heavy atom. The normalized spacial score (nSPS) is 15.3. The predicted molar refractivity (Wildman–Crippen MR) is 128 cm³/mol. The van der Waals surface area contributed by atoms with E-state index in [4.69, 9.17) is 4.74 Å². The minimum atomic E-state index is 0.644. The van der Waals surface area contributed by atoms with E-state index in [2.05, 4.69) is 88.7 Å². The molecule has 0 spiro atoms. The molecule has 0 radical (unpaired) electrons. The average Bonchev–Trinajstić information content (AvgIpc) is 2.84. The molecule has 0 N–H and O–H groups in total. The number of hydrogen-bond donors (Lipinski definition) is 0. The molecule has 1 aliphatic heterocycles. The summed E-state index contributed by atoms with van der Waals surface area (Å²) in [5.74, 6) is 0.947. The van der Waals surface area contributed by atoms with Crippen LogP contribution >= 0.6 is 0 Å². The van der Waals surface area contributed by atoms with Crippen molar-refractivity contribution in [3.05, 3.63) is 102 Å². The Hall–Kier alpha value is -2.62. The van der Waals surface area contributed by atoms with Gasteiger partial charge in [-0.2, -0.15) is 0 Å². The monoisotopic (exact) mass is 414 g/mol. The molecule has 0 aliphatic carbocycles. The minimum Gasteiger partial charge on any atom is -0.497 e. The van der Waals surface area contributed by atoms with Gasteiger partial charge in [-0.1, -0.05) is 72.8 Å². The van der Waals surface area contributed by atoms with Crippen LogP contribution in [0.4, 0.5) is 0 Å². The fraction of sp³-hybridized carbons (Fsp3) is 0.357. The summed E-state index contributed by atoms with van der Waals surface area (Å²) in [6, 6.07) is 30.9. The smallest absolute Gasteiger partial charge is 0.119 e. The Kier molecular flexibility index (Phi) is 7.76. The van der Waals surface area contributed by atoms with Gasteiger partial charge in [0.1, 0.15) is 5.75 Å². The lowest BCUT2D eigenvalue weighted by molar-refractivity contribution is 0.0997. The summed E-state index contributed by atoms with van der Waals surface area (Å²) in [7, 11) is 1.74. The molecule has 162 valence electrons. The highest BCUT2D eigenvalue weighted by molar-refractivity contribution is 5.28. The Labute approximate surface area is 187 Å². The van der Waals surface area contributed by atoms with Gasteiger partial charge in [-0.25, -0.2) is 0 Å². The lowest BCUT2D eigenvalue weighted by Crippen LogP contribution is -2.45. The van der Waals surface area contributed by atoms with Crippen LogP contribution in [-0.4, -0.2) is 42.6 Å². The fourth-order valence-electron chi connectivity index (χ4n) is 4.60. The number of likely N-dealkylation sites (tertiary alicyclic amines) is 1. The van der Waals surface area contributed by atoms with E-state index in [0.29, 0.717) is 6.04 Å². The number of nitrogens with zero attached hydrogens (tertiary/aromatic N) is 2. The molecule has 0 amide bonds. The molecule has 3 nitrogen and oxygen atoms in total. The second-order valence-corrected chi connectivity index (χ2v) is 8.55. The molecule has 0 saturated carbocycles. The third-order valence-corrected chi connectivity index (χ3v) is 6.37. The first kappa shape index (κ1) is 21.6. The zero-order chi connectivity index (χ0) is 21.3. The fourth-order valence-corrected chi connectivity index (χ4v) is 4.60. The number of ether oxygens (including phenoxy) is 1. The highest BCUT2D eigenvalue weighted by Crippen LogP contribution is 2.22. The number of piperidine rings is 1. The molecular weight excluding hydrogens is 380 g/mol. The summed E-state index contributed by atoms with van der Waals surface area (Å²) in [4.78, 5) is 5.30. The second-order valence-electron chi connectivity index (χ2n) is 8.55. The molecule has 0 bridgehead atoms. The van der Waals surface area contributed by atoms with Gasteiger partial charge in [-0.15, -0.1) is 0 Å². The van der Waals surface area contributed by atoms with Gasteiger partial charge >= 0.3 is 0 Å². The molecule has 4 rings (SSSR count). The van der Waals surface area contributed by atoms with Crippen molar-refractivity contribution in [1.29, 1.82) is 0 Å². The molecule has 1 saturated heterocycles. The number of rotatable bonds is 9. The van der Waals surface area contributed by atoms with Gasteiger partial charge in [0.15, 0.2) is 0 Å². The zero-order valence-electron chi connectivity index (χ0n) is 18.6. The summed E-state index contributed by atoms with van der Waals surface area (Å²) in [6.45, 7) is 5.46. The van der Waals surface area contributed by atoms with Crippen LogP contribution in [0.2, 0.25) is 0 Å². The van der Waals surface area contributed by atoms with Crippen LogP contribution < -0.4 is 4.74 Å². The highest BCUT2D eigenvalue weighted by atomic mass is 16.5. The Morgan fingerprint density at radius 1 is 0.806 bits per heavy atom. The van der Waals surface area contributed by atoms with Crippen molar-refractivity contribution in [3.8, 4) is 5.75 Å². The minimum absolute atomic E-state index is 0.644. The molecule has 3 heteroatoms. The SMILES string of the molecule is COc1cccc(CN2CCC(N(CCc3ccccc3)Cc3ccccc3)CC2)c1. The highest BCUT2D eigenvalue weighted by Gasteiger charge is 2.24. The second kappa shape index (κ2) is 11.1. The topological polar surface area (TPSA) is 15.7 Å². The first-order valence-electron chi connectivity index (χ1n) is 11.5. The lowest BCUT2D eigenvalue weighted by Gasteiger charge is -2.39. The van der Waals surface area contributed by atoms with Crippen LogP contribution in [0.1, 0.15) is 29.5 Å². The van der Waals surface area contributed by atoms with E-state index in [-0.39, 0.29) is 0 Å². The van der Waals surface area contributed by atoms with Crippen LogP contribution in [0.25, 0.3) is 0 Å². The number of hydrogen-bond acceptors (Lipinski definition) is 3. The van der Waals surface area contributed by atoms with Gasteiger partial charge in [0.2, 0.25) is 0 Å². The molecule has 3 aromatic rings. The molecule has 3 aromatic carbocycles. The van der Waals surface area contributed by atoms with Gasteiger partial charge in [0, 0.05) is 25.7 Å². The van der Waals surface area contributed by atoms with Gasteiger partial charge in [-0.3, -0.25) is 9.80 Å². The summed E-state index contributed by atoms with van der Waals surface area (Å²) >= 11 is 0. The van der Waals surface area contributed by atoms with Crippen LogP contribution in [0.5, 0.6) is 5.75 Å². The number of benzene rings is 3. The van der Waals surface area contributed by atoms with Crippen LogP contribution in [0.3, 0.4) is 0 Å². The Bertz CT molecular complexity index is 905. The lowest BCUT2D eigenvalue weighted by atomic mass is 10.0. The summed E-state index contributed by atoms with van der Waals surface area (Å²) < 4.78 is 5.39. The predicted octanol–water partition coefficient (Wildman–Crippen LogP) is 5.40. The molecular formula is C28H34N2O. The van der Waals surface area contributed by atoms with E-state index in [1.807, 2.05) is 6.07 Å². The Balaban J connectivity index is 1.36. The molecule has 31 heavy (non-hydrogen) atoms. The summed E-state index contributed by atoms with van der Waals surface area (Å²) in [5, 5.41) is 0. The van der Waals surface area contributed by atoms with Crippen molar-refractivity contribution in [2.45, 2.75) is 38.4 Å². The van der Waals surface area contributed by atoms with Crippen molar-refractivity contribution in [3.63, 3.8) is 0 Å². The van der Waals surface area contributed by atoms with Crippen molar-refractivity contribution >= 4 is 0 Å².